The maximum atomic E-state index is 10.5. The summed E-state index contributed by atoms with van der Waals surface area (Å²) in [4.78, 5) is 2.49. The molecule has 2 aromatic rings. The molecule has 0 aromatic heterocycles. The molecule has 1 fully saturated rings. The van der Waals surface area contributed by atoms with Crippen molar-refractivity contribution in [1.82, 2.24) is 10.2 Å². The molecule has 0 bridgehead atoms. The summed E-state index contributed by atoms with van der Waals surface area (Å²) in [5, 5.41) is 14.6. The Bertz CT molecular complexity index is 763. The van der Waals surface area contributed by atoms with Gasteiger partial charge >= 0.3 is 0 Å². The monoisotopic (exact) mass is 394 g/mol. The fraction of sp³-hybridized carbons (Fsp3) is 0.400. The number of benzene rings is 2. The quantitative estimate of drug-likeness (QED) is 0.805. The zero-order chi connectivity index (χ0) is 17.2. The number of hydrogen-bond donors (Lipinski definition) is 2. The molecule has 0 unspecified atom stereocenters. The number of phenolic OH excluding ortho intramolecular Hbond substituents is 1. The number of rotatable bonds is 2. The predicted octanol–water partition coefficient (Wildman–Crippen LogP) is 4.08. The molecule has 0 amide bonds. The molecule has 0 spiro atoms. The second-order valence-electron chi connectivity index (χ2n) is 6.79. The Kier molecular flexibility index (Phi) is 6.30. The van der Waals surface area contributed by atoms with Gasteiger partial charge in [0.15, 0.2) is 11.5 Å². The van der Waals surface area contributed by atoms with Crippen molar-refractivity contribution >= 4 is 24.0 Å². The van der Waals surface area contributed by atoms with E-state index in [0.717, 1.165) is 55.7 Å². The van der Waals surface area contributed by atoms with Gasteiger partial charge in [-0.25, -0.2) is 0 Å². The Morgan fingerprint density at radius 2 is 1.92 bits per heavy atom. The van der Waals surface area contributed by atoms with E-state index in [-0.39, 0.29) is 18.2 Å². The van der Waals surface area contributed by atoms with E-state index in [9.17, 15) is 5.11 Å². The fourth-order valence-corrected chi connectivity index (χ4v) is 4.03. The average Bonchev–Trinajstić information content (AvgIpc) is 2.85. The van der Waals surface area contributed by atoms with Crippen LogP contribution in [0.5, 0.6) is 11.5 Å². The number of aromatic hydroxyl groups is 1. The van der Waals surface area contributed by atoms with Gasteiger partial charge in [-0.05, 0) is 61.3 Å². The first-order valence-corrected chi connectivity index (χ1v) is 9.28. The zero-order valence-corrected chi connectivity index (χ0v) is 16.2. The van der Waals surface area contributed by atoms with Gasteiger partial charge in [-0.15, -0.1) is 12.4 Å². The Balaban J connectivity index is 0.00000196. The molecule has 2 aromatic carbocycles. The van der Waals surface area contributed by atoms with E-state index in [4.69, 9.17) is 16.3 Å². The van der Waals surface area contributed by atoms with Crippen molar-refractivity contribution in [2.24, 2.45) is 0 Å². The van der Waals surface area contributed by atoms with Gasteiger partial charge in [0.05, 0.1) is 0 Å². The van der Waals surface area contributed by atoms with Crippen LogP contribution in [0.1, 0.15) is 18.4 Å². The Morgan fingerprint density at radius 1 is 1.12 bits per heavy atom. The summed E-state index contributed by atoms with van der Waals surface area (Å²) in [7, 11) is 0. The first kappa shape index (κ1) is 19.3. The third-order valence-corrected chi connectivity index (χ3v) is 5.36. The van der Waals surface area contributed by atoms with Crippen LogP contribution in [0.25, 0.3) is 11.1 Å². The maximum absolute atomic E-state index is 10.5. The van der Waals surface area contributed by atoms with E-state index in [1.807, 2.05) is 24.3 Å². The summed E-state index contributed by atoms with van der Waals surface area (Å²) in [6, 6.07) is 12.2. The Hall–Kier alpha value is -1.46. The summed E-state index contributed by atoms with van der Waals surface area (Å²) < 4.78 is 5.88. The molecule has 4 rings (SSSR count). The van der Waals surface area contributed by atoms with Crippen LogP contribution in [0.4, 0.5) is 0 Å². The lowest BCUT2D eigenvalue weighted by Gasteiger charge is -2.33. The minimum absolute atomic E-state index is 0. The highest BCUT2D eigenvalue weighted by Crippen LogP contribution is 2.38. The van der Waals surface area contributed by atoms with Gasteiger partial charge in [0.1, 0.15) is 6.61 Å². The first-order valence-electron chi connectivity index (χ1n) is 8.90. The third-order valence-electron chi connectivity index (χ3n) is 5.13. The summed E-state index contributed by atoms with van der Waals surface area (Å²) in [5.74, 6) is 0.835. The van der Waals surface area contributed by atoms with Crippen LogP contribution in [0.2, 0.25) is 5.02 Å². The van der Waals surface area contributed by atoms with Gasteiger partial charge < -0.3 is 15.2 Å². The highest BCUT2D eigenvalue weighted by Gasteiger charge is 2.26. The summed E-state index contributed by atoms with van der Waals surface area (Å²) >= 11 is 6.13. The lowest BCUT2D eigenvalue weighted by atomic mass is 10.00. The first-order chi connectivity index (χ1) is 12.2. The molecule has 2 N–H and O–H groups in total. The lowest BCUT2D eigenvalue weighted by molar-refractivity contribution is 0.141. The number of hydrogen-bond acceptors (Lipinski definition) is 4. The van der Waals surface area contributed by atoms with Crippen molar-refractivity contribution in [3.63, 3.8) is 0 Å². The average molecular weight is 395 g/mol. The van der Waals surface area contributed by atoms with Crippen molar-refractivity contribution in [2.75, 3.05) is 26.2 Å². The molecular weight excluding hydrogens is 371 g/mol. The van der Waals surface area contributed by atoms with Gasteiger partial charge in [-0.2, -0.15) is 0 Å². The van der Waals surface area contributed by atoms with Crippen LogP contribution in [0.3, 0.4) is 0 Å². The van der Waals surface area contributed by atoms with Crippen molar-refractivity contribution in [1.29, 1.82) is 0 Å². The predicted molar refractivity (Wildman–Crippen MR) is 108 cm³/mol. The number of phenols is 1. The van der Waals surface area contributed by atoms with Crippen LogP contribution in [0.15, 0.2) is 36.4 Å². The fourth-order valence-electron chi connectivity index (χ4n) is 3.84. The van der Waals surface area contributed by atoms with Gasteiger partial charge in [-0.1, -0.05) is 23.7 Å². The maximum Gasteiger partial charge on any atom is 0.165 e. The number of nitrogens with one attached hydrogen (secondary N) is 1. The van der Waals surface area contributed by atoms with Crippen LogP contribution in [-0.4, -0.2) is 42.3 Å². The molecule has 2 heterocycles. The molecule has 0 saturated carbocycles. The van der Waals surface area contributed by atoms with Crippen molar-refractivity contribution in [2.45, 2.75) is 25.4 Å². The van der Waals surface area contributed by atoms with Crippen LogP contribution in [-0.2, 0) is 6.54 Å². The highest BCUT2D eigenvalue weighted by molar-refractivity contribution is 6.30. The summed E-state index contributed by atoms with van der Waals surface area (Å²) in [6.07, 6.45) is 2.32. The highest BCUT2D eigenvalue weighted by atomic mass is 35.5. The van der Waals surface area contributed by atoms with E-state index in [0.29, 0.717) is 23.4 Å². The normalized spacial score (nSPS) is 18.3. The number of fused-ring (bicyclic) bond motifs is 1. The standard InChI is InChI=1S/C20H23ClN2O2.ClH/c21-17-3-1-2-14(11-17)15-10-16-13-23(18-4-6-22-7-5-18)8-9-25-20(16)19(24)12-15;/h1-3,10-12,18,22,24H,4-9,13H2;1H. The lowest BCUT2D eigenvalue weighted by Crippen LogP contribution is -2.43. The number of ether oxygens (including phenoxy) is 1. The zero-order valence-electron chi connectivity index (χ0n) is 14.6. The molecule has 2 aliphatic rings. The van der Waals surface area contributed by atoms with Gasteiger partial charge in [-0.3, -0.25) is 4.90 Å². The molecule has 4 nitrogen and oxygen atoms in total. The van der Waals surface area contributed by atoms with Crippen LogP contribution in [0, 0.1) is 0 Å². The summed E-state index contributed by atoms with van der Waals surface area (Å²) in [5.41, 5.74) is 3.02. The molecule has 0 radical (unpaired) electrons. The molecular formula is C20H24Cl2N2O2. The number of halogens is 2. The second kappa shape index (κ2) is 8.49. The van der Waals surface area contributed by atoms with Crippen LogP contribution < -0.4 is 10.1 Å². The Labute approximate surface area is 165 Å². The largest absolute Gasteiger partial charge is 0.504 e. The van der Waals surface area contributed by atoms with Crippen molar-refractivity contribution in [3.8, 4) is 22.6 Å². The van der Waals surface area contributed by atoms with E-state index in [1.54, 1.807) is 6.07 Å². The van der Waals surface area contributed by atoms with E-state index >= 15 is 0 Å². The molecule has 0 atom stereocenters. The number of piperidine rings is 1. The minimum atomic E-state index is 0. The smallest absolute Gasteiger partial charge is 0.165 e. The topological polar surface area (TPSA) is 44.7 Å². The molecule has 26 heavy (non-hydrogen) atoms. The summed E-state index contributed by atoms with van der Waals surface area (Å²) in [6.45, 7) is 4.46. The van der Waals surface area contributed by atoms with Crippen molar-refractivity contribution in [3.05, 3.63) is 47.0 Å². The Morgan fingerprint density at radius 3 is 2.69 bits per heavy atom. The number of nitrogens with zero attached hydrogens (tertiary/aromatic N) is 1. The van der Waals surface area contributed by atoms with Gasteiger partial charge in [0, 0.05) is 29.7 Å². The minimum Gasteiger partial charge on any atom is -0.504 e. The van der Waals surface area contributed by atoms with Gasteiger partial charge in [0.2, 0.25) is 0 Å². The molecule has 1 saturated heterocycles. The third kappa shape index (κ3) is 4.09. The van der Waals surface area contributed by atoms with Gasteiger partial charge in [0.25, 0.3) is 0 Å². The molecule has 2 aliphatic heterocycles. The molecule has 0 aliphatic carbocycles. The van der Waals surface area contributed by atoms with E-state index in [2.05, 4.69) is 16.3 Å². The van der Waals surface area contributed by atoms with E-state index < -0.39 is 0 Å². The second-order valence-corrected chi connectivity index (χ2v) is 7.23. The van der Waals surface area contributed by atoms with Crippen LogP contribution >= 0.6 is 24.0 Å². The van der Waals surface area contributed by atoms with E-state index in [1.165, 1.54) is 0 Å². The molecule has 6 heteroatoms. The van der Waals surface area contributed by atoms with Crippen molar-refractivity contribution < 1.29 is 9.84 Å². The SMILES string of the molecule is Cl.Oc1cc(-c2cccc(Cl)c2)cc2c1OCCN(C1CCNCC1)C2. The molecule has 140 valence electrons.